The molecule has 1 N–H and O–H groups in total. The molecule has 0 aromatic carbocycles. The van der Waals surface area contributed by atoms with Crippen LogP contribution in [-0.4, -0.2) is 5.11 Å². The molecule has 0 saturated heterocycles. The van der Waals surface area contributed by atoms with Crippen molar-refractivity contribution in [1.29, 1.82) is 0 Å². The molecule has 0 radical (unpaired) electrons. The molecule has 0 heterocycles. The molecule has 4 rings (SSSR count). The van der Waals surface area contributed by atoms with Crippen LogP contribution in [0.4, 0.5) is 0 Å². The molecule has 0 aliphatic heterocycles. The summed E-state index contributed by atoms with van der Waals surface area (Å²) in [5.74, 6) is 5.13. The quantitative estimate of drug-likeness (QED) is 0.386. The lowest BCUT2D eigenvalue weighted by Gasteiger charge is -2.57. The van der Waals surface area contributed by atoms with Gasteiger partial charge in [0.2, 0.25) is 0 Å². The molecule has 0 amide bonds. The highest BCUT2D eigenvalue weighted by Gasteiger charge is 2.58. The fourth-order valence-corrected chi connectivity index (χ4v) is 8.20. The Labute approximate surface area is 167 Å². The zero-order chi connectivity index (χ0) is 19.2. The molecule has 0 spiro atoms. The Balaban J connectivity index is 1.53. The van der Waals surface area contributed by atoms with Crippen LogP contribution in [0.2, 0.25) is 0 Å². The molecule has 1 nitrogen and oxygen atoms in total. The minimum atomic E-state index is 0.321. The van der Waals surface area contributed by atoms with E-state index in [0.29, 0.717) is 16.6 Å². The number of hydrogen-bond donors (Lipinski definition) is 1. The van der Waals surface area contributed by atoms with Crippen molar-refractivity contribution in [3.8, 4) is 0 Å². The lowest BCUT2D eigenvalue weighted by atomic mass is 9.47. The Morgan fingerprint density at radius 3 is 2.70 bits per heavy atom. The number of fused-ring (bicyclic) bond motifs is 5. The van der Waals surface area contributed by atoms with Crippen molar-refractivity contribution >= 4 is 0 Å². The molecule has 1 heteroatoms. The van der Waals surface area contributed by atoms with Crippen molar-refractivity contribution in [2.75, 3.05) is 0 Å². The molecule has 0 aromatic rings. The summed E-state index contributed by atoms with van der Waals surface area (Å²) in [7, 11) is 0. The third-order valence-electron chi connectivity index (χ3n) is 9.78. The Morgan fingerprint density at radius 2 is 1.93 bits per heavy atom. The molecule has 0 unspecified atom stereocenters. The van der Waals surface area contributed by atoms with Gasteiger partial charge < -0.3 is 5.11 Å². The first kappa shape index (κ1) is 19.6. The molecule has 2 saturated carbocycles. The smallest absolute Gasteiger partial charge is 0.0923 e. The fraction of sp³-hybridized carbons (Fsp3) is 0.846. The third-order valence-corrected chi connectivity index (χ3v) is 9.78. The number of aliphatic hydroxyl groups is 1. The second kappa shape index (κ2) is 7.27. The van der Waals surface area contributed by atoms with E-state index >= 15 is 0 Å². The van der Waals surface area contributed by atoms with Gasteiger partial charge in [-0.2, -0.15) is 0 Å². The summed E-state index contributed by atoms with van der Waals surface area (Å²) < 4.78 is 0. The molecular weight excluding hydrogens is 328 g/mol. The van der Waals surface area contributed by atoms with Crippen LogP contribution in [-0.2, 0) is 0 Å². The first-order valence-electron chi connectivity index (χ1n) is 12.0. The third kappa shape index (κ3) is 3.12. The molecule has 4 aliphatic carbocycles. The van der Waals surface area contributed by atoms with Crippen LogP contribution >= 0.6 is 0 Å². The predicted octanol–water partition coefficient (Wildman–Crippen LogP) is 7.83. The summed E-state index contributed by atoms with van der Waals surface area (Å²) in [6.07, 6.45) is 19.3. The van der Waals surface area contributed by atoms with Crippen LogP contribution in [0.3, 0.4) is 0 Å². The van der Waals surface area contributed by atoms with Gasteiger partial charge in [-0.05, 0) is 85.0 Å². The lowest BCUT2D eigenvalue weighted by molar-refractivity contribution is -0.0451. The molecule has 0 aromatic heterocycles. The van der Waals surface area contributed by atoms with E-state index in [-0.39, 0.29) is 0 Å². The fourth-order valence-electron chi connectivity index (χ4n) is 8.20. The van der Waals surface area contributed by atoms with E-state index < -0.39 is 0 Å². The maximum absolute atomic E-state index is 10.1. The molecule has 152 valence electrons. The van der Waals surface area contributed by atoms with Crippen LogP contribution in [0.25, 0.3) is 0 Å². The molecular formula is C26H42O. The standard InChI is InChI=1S/C26H42O/c1-5-6-7-8-18(2)22-11-12-23-21-10-9-19-17-20(27)13-15-25(19,3)24(21)14-16-26(22,23)4/h9,13,18,21-24,27H,5-8,10-12,14-17H2,1-4H3/t18-,21+,22-,23+,24+,25+,26-/m1/s1. The van der Waals surface area contributed by atoms with Crippen LogP contribution in [0.1, 0.15) is 98.3 Å². The van der Waals surface area contributed by atoms with E-state index in [0.717, 1.165) is 42.4 Å². The average Bonchev–Trinajstić information content (AvgIpc) is 3.00. The number of aliphatic hydroxyl groups excluding tert-OH is 1. The van der Waals surface area contributed by atoms with Crippen molar-refractivity contribution in [1.82, 2.24) is 0 Å². The lowest BCUT2D eigenvalue weighted by Crippen LogP contribution is -2.49. The number of unbranched alkanes of at least 4 members (excludes halogenated alkanes) is 2. The molecule has 27 heavy (non-hydrogen) atoms. The van der Waals surface area contributed by atoms with Gasteiger partial charge in [-0.25, -0.2) is 0 Å². The summed E-state index contributed by atoms with van der Waals surface area (Å²) in [5.41, 5.74) is 2.46. The molecule has 4 aliphatic rings. The van der Waals surface area contributed by atoms with Gasteiger partial charge >= 0.3 is 0 Å². The van der Waals surface area contributed by atoms with Gasteiger partial charge in [0.25, 0.3) is 0 Å². The second-order valence-electron chi connectivity index (χ2n) is 11.0. The molecule has 2 fully saturated rings. The minimum Gasteiger partial charge on any atom is -0.512 e. The number of allylic oxidation sites excluding steroid dienone is 3. The van der Waals surface area contributed by atoms with Crippen molar-refractivity contribution in [3.63, 3.8) is 0 Å². The van der Waals surface area contributed by atoms with E-state index in [2.05, 4.69) is 39.8 Å². The van der Waals surface area contributed by atoms with Gasteiger partial charge in [0.15, 0.2) is 0 Å². The maximum Gasteiger partial charge on any atom is 0.0923 e. The van der Waals surface area contributed by atoms with E-state index in [4.69, 9.17) is 0 Å². The highest BCUT2D eigenvalue weighted by molar-refractivity contribution is 5.30. The zero-order valence-corrected chi connectivity index (χ0v) is 18.3. The monoisotopic (exact) mass is 370 g/mol. The summed E-state index contributed by atoms with van der Waals surface area (Å²) in [6.45, 7) is 10.1. The van der Waals surface area contributed by atoms with E-state index in [1.165, 1.54) is 57.8 Å². The van der Waals surface area contributed by atoms with Crippen molar-refractivity contribution in [2.24, 2.45) is 40.4 Å². The minimum absolute atomic E-state index is 0.321. The van der Waals surface area contributed by atoms with Crippen LogP contribution in [0.15, 0.2) is 23.5 Å². The highest BCUT2D eigenvalue weighted by atomic mass is 16.3. The summed E-state index contributed by atoms with van der Waals surface area (Å²) in [5, 5.41) is 10.1. The molecule has 0 bridgehead atoms. The maximum atomic E-state index is 10.1. The second-order valence-corrected chi connectivity index (χ2v) is 11.0. The van der Waals surface area contributed by atoms with Crippen molar-refractivity contribution in [3.05, 3.63) is 23.5 Å². The number of hydrogen-bond acceptors (Lipinski definition) is 1. The van der Waals surface area contributed by atoms with Crippen LogP contribution in [0, 0.1) is 40.4 Å². The Morgan fingerprint density at radius 1 is 1.11 bits per heavy atom. The first-order chi connectivity index (χ1) is 12.9. The first-order valence-corrected chi connectivity index (χ1v) is 12.0. The Kier molecular flexibility index (Phi) is 5.27. The van der Waals surface area contributed by atoms with Gasteiger partial charge in [0.1, 0.15) is 0 Å². The highest BCUT2D eigenvalue weighted by Crippen LogP contribution is 2.67. The zero-order valence-electron chi connectivity index (χ0n) is 18.3. The van der Waals surface area contributed by atoms with Crippen LogP contribution in [0.5, 0.6) is 0 Å². The topological polar surface area (TPSA) is 20.2 Å². The van der Waals surface area contributed by atoms with Crippen molar-refractivity contribution in [2.45, 2.75) is 98.3 Å². The largest absolute Gasteiger partial charge is 0.512 e. The predicted molar refractivity (Wildman–Crippen MR) is 115 cm³/mol. The van der Waals surface area contributed by atoms with Gasteiger partial charge in [-0.3, -0.25) is 0 Å². The normalized spacial score (nSPS) is 44.6. The summed E-state index contributed by atoms with van der Waals surface area (Å²) in [4.78, 5) is 0. The van der Waals surface area contributed by atoms with E-state index in [1.807, 2.05) is 0 Å². The number of rotatable bonds is 5. The van der Waals surface area contributed by atoms with Gasteiger partial charge in [-0.15, -0.1) is 0 Å². The Hall–Kier alpha value is -0.720. The molecule has 7 atom stereocenters. The average molecular weight is 371 g/mol. The van der Waals surface area contributed by atoms with Gasteiger partial charge in [-0.1, -0.05) is 65.0 Å². The Bertz CT molecular complexity index is 616. The van der Waals surface area contributed by atoms with E-state index in [9.17, 15) is 5.11 Å². The summed E-state index contributed by atoms with van der Waals surface area (Å²) in [6, 6.07) is 0. The summed E-state index contributed by atoms with van der Waals surface area (Å²) >= 11 is 0. The van der Waals surface area contributed by atoms with Gasteiger partial charge in [0, 0.05) is 6.42 Å². The van der Waals surface area contributed by atoms with Gasteiger partial charge in [0.05, 0.1) is 5.76 Å². The van der Waals surface area contributed by atoms with Crippen molar-refractivity contribution < 1.29 is 5.11 Å². The SMILES string of the molecule is CCCCC[C@@H](C)[C@H]1CC[C@H]2[C@@H]3CC=C4CC(O)=CC[C@]4(C)[C@H]3CC[C@]12C. The van der Waals surface area contributed by atoms with Crippen LogP contribution < -0.4 is 0 Å². The van der Waals surface area contributed by atoms with E-state index in [1.54, 1.807) is 5.57 Å².